The second-order valence-electron chi connectivity index (χ2n) is 4.59. The second kappa shape index (κ2) is 5.67. The molecule has 102 valence electrons. The van der Waals surface area contributed by atoms with Gasteiger partial charge in [0.15, 0.2) is 6.10 Å². The van der Waals surface area contributed by atoms with E-state index in [0.717, 1.165) is 15.2 Å². The Labute approximate surface area is 116 Å². The van der Waals surface area contributed by atoms with Crippen LogP contribution < -0.4 is 0 Å². The minimum atomic E-state index is -1.24. The molecule has 1 heterocycles. The van der Waals surface area contributed by atoms with Crippen molar-refractivity contribution in [2.45, 2.75) is 32.8 Å². The normalized spacial score (nSPS) is 12.9. The van der Waals surface area contributed by atoms with E-state index in [2.05, 4.69) is 18.8 Å². The van der Waals surface area contributed by atoms with Gasteiger partial charge in [0, 0.05) is 5.92 Å². The number of hydrogen-bond donors (Lipinski definition) is 1. The van der Waals surface area contributed by atoms with E-state index in [9.17, 15) is 9.90 Å². The number of rotatable bonds is 4. The molecular formula is C14H17NO3S. The topological polar surface area (TPSA) is 59.4 Å². The van der Waals surface area contributed by atoms with Gasteiger partial charge in [-0.2, -0.15) is 0 Å². The van der Waals surface area contributed by atoms with Gasteiger partial charge in [-0.05, 0) is 24.6 Å². The molecule has 5 heteroatoms. The third-order valence-electron chi connectivity index (χ3n) is 2.75. The van der Waals surface area contributed by atoms with Gasteiger partial charge in [0.25, 0.3) is 0 Å². The van der Waals surface area contributed by atoms with Crippen LogP contribution in [0.4, 0.5) is 0 Å². The molecule has 0 spiro atoms. The first kappa shape index (κ1) is 14.0. The van der Waals surface area contributed by atoms with Crippen molar-refractivity contribution in [1.29, 1.82) is 0 Å². The van der Waals surface area contributed by atoms with Gasteiger partial charge >= 0.3 is 5.97 Å². The van der Waals surface area contributed by atoms with Crippen LogP contribution in [0.2, 0.25) is 0 Å². The summed E-state index contributed by atoms with van der Waals surface area (Å²) in [6, 6.07) is 5.38. The number of fused-ring (bicyclic) bond motifs is 1. The fraction of sp³-hybridized carbons (Fsp3) is 0.429. The van der Waals surface area contributed by atoms with E-state index in [1.807, 2.05) is 6.07 Å². The zero-order valence-electron chi connectivity index (χ0n) is 11.2. The van der Waals surface area contributed by atoms with Crippen molar-refractivity contribution >= 4 is 27.5 Å². The van der Waals surface area contributed by atoms with Crippen LogP contribution in [-0.2, 0) is 9.53 Å². The van der Waals surface area contributed by atoms with Crippen molar-refractivity contribution in [1.82, 2.24) is 4.98 Å². The van der Waals surface area contributed by atoms with Gasteiger partial charge in [0.05, 0.1) is 21.8 Å². The highest BCUT2D eigenvalue weighted by Gasteiger charge is 2.19. The van der Waals surface area contributed by atoms with E-state index >= 15 is 0 Å². The summed E-state index contributed by atoms with van der Waals surface area (Å²) in [5.74, 6) is -0.253. The molecule has 1 aromatic heterocycles. The monoisotopic (exact) mass is 279 g/mol. The molecule has 0 amide bonds. The molecule has 1 atom stereocenters. The molecular weight excluding hydrogens is 262 g/mol. The van der Waals surface area contributed by atoms with Crippen molar-refractivity contribution in [3.05, 3.63) is 28.8 Å². The van der Waals surface area contributed by atoms with E-state index in [4.69, 9.17) is 4.74 Å². The molecule has 0 fully saturated rings. The minimum Gasteiger partial charge on any atom is -0.464 e. The van der Waals surface area contributed by atoms with Crippen LogP contribution in [0.3, 0.4) is 0 Å². The van der Waals surface area contributed by atoms with E-state index in [0.29, 0.717) is 11.5 Å². The van der Waals surface area contributed by atoms with Gasteiger partial charge in [-0.25, -0.2) is 9.78 Å². The third-order valence-corrected chi connectivity index (χ3v) is 4.08. The highest BCUT2D eigenvalue weighted by atomic mass is 32.1. The number of ether oxygens (including phenoxy) is 1. The second-order valence-corrected chi connectivity index (χ2v) is 5.65. The summed E-state index contributed by atoms with van der Waals surface area (Å²) in [6.07, 6.45) is -1.24. The Bertz CT molecular complexity index is 591. The zero-order valence-corrected chi connectivity index (χ0v) is 12.0. The zero-order chi connectivity index (χ0) is 14.0. The molecule has 1 unspecified atom stereocenters. The molecule has 0 bridgehead atoms. The van der Waals surface area contributed by atoms with Crippen LogP contribution in [0.5, 0.6) is 0 Å². The summed E-state index contributed by atoms with van der Waals surface area (Å²) in [6.45, 7) is 6.15. The van der Waals surface area contributed by atoms with Crippen molar-refractivity contribution in [2.75, 3.05) is 6.61 Å². The quantitative estimate of drug-likeness (QED) is 0.874. The van der Waals surface area contributed by atoms with E-state index in [1.54, 1.807) is 30.4 Å². The largest absolute Gasteiger partial charge is 0.464 e. The number of hydrogen-bond acceptors (Lipinski definition) is 5. The lowest BCUT2D eigenvalue weighted by Gasteiger charge is -2.09. The molecule has 2 rings (SSSR count). The van der Waals surface area contributed by atoms with Crippen LogP contribution in [0.1, 0.15) is 43.4 Å². The lowest BCUT2D eigenvalue weighted by Crippen LogP contribution is -2.15. The SMILES string of the molecule is CCOC(=O)C(O)c1ccc2sc(C(C)C)nc2c1. The molecule has 4 nitrogen and oxygen atoms in total. The van der Waals surface area contributed by atoms with Gasteiger partial charge in [0.1, 0.15) is 0 Å². The first-order valence-electron chi connectivity index (χ1n) is 6.28. The predicted molar refractivity (Wildman–Crippen MR) is 75.3 cm³/mol. The van der Waals surface area contributed by atoms with Crippen LogP contribution in [-0.4, -0.2) is 22.7 Å². The summed E-state index contributed by atoms with van der Waals surface area (Å²) < 4.78 is 5.87. The molecule has 1 aromatic carbocycles. The average molecular weight is 279 g/mol. The predicted octanol–water partition coefficient (Wildman–Crippen LogP) is 3.02. The standard InChI is InChI=1S/C14H17NO3S/c1-4-18-14(17)12(16)9-5-6-11-10(7-9)15-13(19-11)8(2)3/h5-8,12,16H,4H2,1-3H3. The molecule has 0 aliphatic heterocycles. The smallest absolute Gasteiger partial charge is 0.339 e. The number of carbonyl (C=O) groups excluding carboxylic acids is 1. The maximum Gasteiger partial charge on any atom is 0.339 e. The fourth-order valence-electron chi connectivity index (χ4n) is 1.74. The molecule has 0 saturated heterocycles. The first-order chi connectivity index (χ1) is 9.02. The van der Waals surface area contributed by atoms with E-state index in [1.165, 1.54) is 0 Å². The van der Waals surface area contributed by atoms with E-state index in [-0.39, 0.29) is 6.61 Å². The Morgan fingerprint density at radius 2 is 2.21 bits per heavy atom. The van der Waals surface area contributed by atoms with Crippen molar-refractivity contribution in [2.24, 2.45) is 0 Å². The van der Waals surface area contributed by atoms with Crippen LogP contribution in [0.25, 0.3) is 10.2 Å². The first-order valence-corrected chi connectivity index (χ1v) is 7.09. The van der Waals surface area contributed by atoms with Crippen LogP contribution >= 0.6 is 11.3 Å². The van der Waals surface area contributed by atoms with Crippen LogP contribution in [0, 0.1) is 0 Å². The Balaban J connectivity index is 2.33. The van der Waals surface area contributed by atoms with Crippen molar-refractivity contribution in [3.8, 4) is 0 Å². The molecule has 0 saturated carbocycles. The summed E-state index contributed by atoms with van der Waals surface area (Å²) in [5, 5.41) is 11.0. The summed E-state index contributed by atoms with van der Waals surface area (Å²) >= 11 is 1.64. The maximum absolute atomic E-state index is 11.5. The Kier molecular flexibility index (Phi) is 4.17. The van der Waals surface area contributed by atoms with Gasteiger partial charge in [-0.3, -0.25) is 0 Å². The number of nitrogens with zero attached hydrogens (tertiary/aromatic N) is 1. The maximum atomic E-state index is 11.5. The number of thiazole rings is 1. The number of aliphatic hydroxyl groups is 1. The lowest BCUT2D eigenvalue weighted by atomic mass is 10.1. The Morgan fingerprint density at radius 1 is 1.47 bits per heavy atom. The lowest BCUT2D eigenvalue weighted by molar-refractivity contribution is -0.153. The fourth-order valence-corrected chi connectivity index (χ4v) is 2.69. The van der Waals surface area contributed by atoms with E-state index < -0.39 is 12.1 Å². The van der Waals surface area contributed by atoms with Gasteiger partial charge in [0.2, 0.25) is 0 Å². The highest BCUT2D eigenvalue weighted by molar-refractivity contribution is 7.18. The van der Waals surface area contributed by atoms with Crippen LogP contribution in [0.15, 0.2) is 18.2 Å². The van der Waals surface area contributed by atoms with Gasteiger partial charge < -0.3 is 9.84 Å². The number of esters is 1. The number of carbonyl (C=O) groups is 1. The number of benzene rings is 1. The average Bonchev–Trinajstić information content (AvgIpc) is 2.81. The molecule has 1 N–H and O–H groups in total. The molecule has 0 radical (unpaired) electrons. The van der Waals surface area contributed by atoms with Gasteiger partial charge in [-0.1, -0.05) is 19.9 Å². The molecule has 0 aliphatic carbocycles. The minimum absolute atomic E-state index is 0.256. The van der Waals surface area contributed by atoms with Crippen molar-refractivity contribution < 1.29 is 14.6 Å². The number of aromatic nitrogens is 1. The Hall–Kier alpha value is -1.46. The summed E-state index contributed by atoms with van der Waals surface area (Å²) in [5.41, 5.74) is 1.33. The molecule has 19 heavy (non-hydrogen) atoms. The summed E-state index contributed by atoms with van der Waals surface area (Å²) in [4.78, 5) is 16.0. The summed E-state index contributed by atoms with van der Waals surface area (Å²) in [7, 11) is 0. The third kappa shape index (κ3) is 2.93. The highest BCUT2D eigenvalue weighted by Crippen LogP contribution is 2.29. The van der Waals surface area contributed by atoms with Gasteiger partial charge in [-0.15, -0.1) is 11.3 Å². The molecule has 0 aliphatic rings. The van der Waals surface area contributed by atoms with Crippen molar-refractivity contribution in [3.63, 3.8) is 0 Å². The molecule has 2 aromatic rings. The number of aliphatic hydroxyl groups excluding tert-OH is 1. The Morgan fingerprint density at radius 3 is 2.84 bits per heavy atom.